The third-order valence-corrected chi connectivity index (χ3v) is 9.21. The number of carbonyl (C=O) groups excluding carboxylic acids is 2. The minimum atomic E-state index is -3.68. The van der Waals surface area contributed by atoms with Crippen molar-refractivity contribution in [3.05, 3.63) is 87.9 Å². The fourth-order valence-corrected chi connectivity index (χ4v) is 6.30. The summed E-state index contributed by atoms with van der Waals surface area (Å²) in [7, 11) is -3.68. The zero-order valence-electron chi connectivity index (χ0n) is 25.0. The Bertz CT molecular complexity index is 1570. The van der Waals surface area contributed by atoms with E-state index in [1.54, 1.807) is 36.4 Å². The molecule has 12 heteroatoms. The molecule has 44 heavy (non-hydrogen) atoms. The van der Waals surface area contributed by atoms with Crippen LogP contribution >= 0.6 is 23.2 Å². The van der Waals surface area contributed by atoms with Gasteiger partial charge in [0.05, 0.1) is 11.9 Å². The Morgan fingerprint density at radius 2 is 1.73 bits per heavy atom. The first-order chi connectivity index (χ1) is 21.0. The Morgan fingerprint density at radius 3 is 2.41 bits per heavy atom. The molecule has 1 aliphatic rings. The Morgan fingerprint density at radius 1 is 1.00 bits per heavy atom. The second-order valence-corrected chi connectivity index (χ2v) is 13.5. The number of ether oxygens (including phenoxy) is 2. The van der Waals surface area contributed by atoms with Crippen LogP contribution in [0.3, 0.4) is 0 Å². The predicted octanol–water partition coefficient (Wildman–Crippen LogP) is 5.82. The van der Waals surface area contributed by atoms with Gasteiger partial charge in [-0.1, -0.05) is 66.5 Å². The molecule has 9 nitrogen and oxygen atoms in total. The van der Waals surface area contributed by atoms with Crippen molar-refractivity contribution in [1.29, 1.82) is 0 Å². The van der Waals surface area contributed by atoms with E-state index in [0.29, 0.717) is 32.8 Å². The van der Waals surface area contributed by atoms with Crippen LogP contribution in [0.15, 0.2) is 66.7 Å². The quantitative estimate of drug-likeness (QED) is 0.233. The lowest BCUT2D eigenvalue weighted by molar-refractivity contribution is -0.141. The first-order valence-corrected chi connectivity index (χ1v) is 17.0. The number of nitrogens with one attached hydrogen (secondary N) is 1. The number of nitrogens with zero attached hydrogens (tertiary/aromatic N) is 2. The average Bonchev–Trinajstić information content (AvgIpc) is 3.46. The summed E-state index contributed by atoms with van der Waals surface area (Å²) in [6, 6.07) is 18.5. The van der Waals surface area contributed by atoms with Crippen molar-refractivity contribution in [2.45, 2.75) is 58.2 Å². The van der Waals surface area contributed by atoms with Crippen molar-refractivity contribution >= 4 is 50.7 Å². The normalized spacial score (nSPS) is 13.7. The molecule has 3 aromatic carbocycles. The average molecular weight is 663 g/mol. The number of hydrogen-bond donors (Lipinski definition) is 1. The van der Waals surface area contributed by atoms with Crippen molar-refractivity contribution in [3.8, 4) is 11.5 Å². The molecule has 1 heterocycles. The number of sulfonamides is 1. The predicted molar refractivity (Wildman–Crippen MR) is 173 cm³/mol. The van der Waals surface area contributed by atoms with Gasteiger partial charge in [-0.15, -0.1) is 0 Å². The molecule has 2 amide bonds. The van der Waals surface area contributed by atoms with Crippen molar-refractivity contribution in [2.75, 3.05) is 23.9 Å². The molecule has 0 aliphatic carbocycles. The smallest absolute Gasteiger partial charge is 0.243 e. The van der Waals surface area contributed by atoms with E-state index in [1.165, 1.54) is 9.21 Å². The highest BCUT2D eigenvalue weighted by atomic mass is 35.5. The van der Waals surface area contributed by atoms with Gasteiger partial charge in [-0.3, -0.25) is 13.9 Å². The number of halogens is 2. The molecule has 236 valence electrons. The van der Waals surface area contributed by atoms with Crippen LogP contribution in [-0.4, -0.2) is 56.8 Å². The van der Waals surface area contributed by atoms with E-state index in [2.05, 4.69) is 5.32 Å². The first kappa shape index (κ1) is 33.4. The third-order valence-electron chi connectivity index (χ3n) is 7.42. The molecule has 0 saturated carbocycles. The summed E-state index contributed by atoms with van der Waals surface area (Å²) >= 11 is 12.6. The minimum absolute atomic E-state index is 0.0102. The second-order valence-electron chi connectivity index (χ2n) is 10.8. The highest BCUT2D eigenvalue weighted by molar-refractivity contribution is 7.92. The lowest BCUT2D eigenvalue weighted by Gasteiger charge is -2.33. The van der Waals surface area contributed by atoms with Crippen LogP contribution in [0.1, 0.15) is 44.2 Å². The Kier molecular flexibility index (Phi) is 11.4. The van der Waals surface area contributed by atoms with Gasteiger partial charge >= 0.3 is 0 Å². The highest BCUT2D eigenvalue weighted by Gasteiger charge is 2.31. The summed E-state index contributed by atoms with van der Waals surface area (Å²) in [5.41, 5.74) is 1.93. The molecular weight excluding hydrogens is 625 g/mol. The summed E-state index contributed by atoms with van der Waals surface area (Å²) in [4.78, 5) is 29.3. The minimum Gasteiger partial charge on any atom is -0.454 e. The number of rotatable bonds is 14. The lowest BCUT2D eigenvalue weighted by Crippen LogP contribution is -2.52. The fraction of sp³-hybridized carbons (Fsp3) is 0.375. The standard InChI is InChI=1S/C32H37Cl2N3O6S/c1-4-22(2)35-32(39)28(17-23-9-6-5-7-10-23)36(20-24-12-13-25(33)18-27(24)34)31(38)11-8-16-37(44(3,40)41)26-14-15-29-30(19-26)43-21-42-29/h5-7,9-10,12-15,18-19,22,28H,4,8,11,16-17,20-21H2,1-3H3,(H,35,39)/t22-,28-/m1/s1. The maximum Gasteiger partial charge on any atom is 0.243 e. The molecule has 1 aliphatic heterocycles. The molecule has 0 saturated heterocycles. The number of amides is 2. The van der Waals surface area contributed by atoms with E-state index < -0.39 is 16.1 Å². The monoisotopic (exact) mass is 661 g/mol. The zero-order chi connectivity index (χ0) is 31.9. The van der Waals surface area contributed by atoms with Crippen LogP contribution in [0.5, 0.6) is 11.5 Å². The van der Waals surface area contributed by atoms with Gasteiger partial charge < -0.3 is 19.7 Å². The summed E-state index contributed by atoms with van der Waals surface area (Å²) in [5.74, 6) is 0.401. The summed E-state index contributed by atoms with van der Waals surface area (Å²) < 4.78 is 37.5. The highest BCUT2D eigenvalue weighted by Crippen LogP contribution is 2.36. The number of fused-ring (bicyclic) bond motifs is 1. The molecule has 4 rings (SSSR count). The number of carbonyl (C=O) groups is 2. The zero-order valence-corrected chi connectivity index (χ0v) is 27.3. The van der Waals surface area contributed by atoms with Gasteiger partial charge in [0.1, 0.15) is 6.04 Å². The lowest BCUT2D eigenvalue weighted by atomic mass is 10.0. The van der Waals surface area contributed by atoms with Gasteiger partial charge in [-0.25, -0.2) is 8.42 Å². The van der Waals surface area contributed by atoms with Crippen molar-refractivity contribution < 1.29 is 27.5 Å². The molecule has 0 bridgehead atoms. The van der Waals surface area contributed by atoms with Crippen LogP contribution in [0, 0.1) is 0 Å². The first-order valence-electron chi connectivity index (χ1n) is 14.4. The molecule has 0 spiro atoms. The molecule has 0 radical (unpaired) electrons. The van der Waals surface area contributed by atoms with Crippen molar-refractivity contribution in [2.24, 2.45) is 0 Å². The SMILES string of the molecule is CC[C@@H](C)NC(=O)[C@@H](Cc1ccccc1)N(Cc1ccc(Cl)cc1Cl)C(=O)CCCN(c1ccc2c(c1)OCO2)S(C)(=O)=O. The molecule has 0 unspecified atom stereocenters. The van der Waals surface area contributed by atoms with Gasteiger partial charge in [-0.2, -0.15) is 0 Å². The maximum absolute atomic E-state index is 14.0. The summed E-state index contributed by atoms with van der Waals surface area (Å²) in [5, 5.41) is 3.87. The molecule has 2 atom stereocenters. The van der Waals surface area contributed by atoms with E-state index >= 15 is 0 Å². The van der Waals surface area contributed by atoms with E-state index in [9.17, 15) is 18.0 Å². The van der Waals surface area contributed by atoms with Crippen LogP contribution in [0.2, 0.25) is 10.0 Å². The van der Waals surface area contributed by atoms with E-state index in [4.69, 9.17) is 32.7 Å². The molecule has 0 aromatic heterocycles. The summed E-state index contributed by atoms with van der Waals surface area (Å²) in [6.45, 7) is 4.06. The number of benzene rings is 3. The van der Waals surface area contributed by atoms with E-state index in [1.807, 2.05) is 44.2 Å². The second kappa shape index (κ2) is 15.0. The molecule has 0 fully saturated rings. The van der Waals surface area contributed by atoms with Crippen LogP contribution in [-0.2, 0) is 32.6 Å². The summed E-state index contributed by atoms with van der Waals surface area (Å²) in [6.07, 6.45) is 2.32. The number of anilines is 1. The molecule has 1 N–H and O–H groups in total. The van der Waals surface area contributed by atoms with Crippen molar-refractivity contribution in [1.82, 2.24) is 10.2 Å². The molecule has 3 aromatic rings. The van der Waals surface area contributed by atoms with Gasteiger partial charge in [0, 0.05) is 48.1 Å². The Labute approximate surface area is 269 Å². The van der Waals surface area contributed by atoms with Gasteiger partial charge in [0.15, 0.2) is 11.5 Å². The largest absolute Gasteiger partial charge is 0.454 e. The van der Waals surface area contributed by atoms with Crippen LogP contribution in [0.25, 0.3) is 0 Å². The fourth-order valence-electron chi connectivity index (χ4n) is 4.87. The van der Waals surface area contributed by atoms with Crippen LogP contribution in [0.4, 0.5) is 5.69 Å². The topological polar surface area (TPSA) is 105 Å². The number of hydrogen-bond acceptors (Lipinski definition) is 6. The van der Waals surface area contributed by atoms with Crippen molar-refractivity contribution in [3.63, 3.8) is 0 Å². The third kappa shape index (κ3) is 8.80. The van der Waals surface area contributed by atoms with Gasteiger partial charge in [0.25, 0.3) is 0 Å². The van der Waals surface area contributed by atoms with E-state index in [0.717, 1.165) is 18.2 Å². The maximum atomic E-state index is 14.0. The van der Waals surface area contributed by atoms with Gasteiger partial charge in [-0.05, 0) is 55.2 Å². The van der Waals surface area contributed by atoms with Crippen LogP contribution < -0.4 is 19.1 Å². The molecular formula is C32H37Cl2N3O6S. The van der Waals surface area contributed by atoms with Gasteiger partial charge in [0.2, 0.25) is 28.6 Å². The van der Waals surface area contributed by atoms with E-state index in [-0.39, 0.29) is 57.0 Å². The Hall–Kier alpha value is -3.47. The Balaban J connectivity index is 1.60.